The molecule has 0 bridgehead atoms. The van der Waals surface area contributed by atoms with Gasteiger partial charge >= 0.3 is 5.88 Å². The largest absolute Gasteiger partial charge is 0.433 e. The first kappa shape index (κ1) is 13.2. The van der Waals surface area contributed by atoms with Gasteiger partial charge in [0, 0.05) is 12.7 Å². The van der Waals surface area contributed by atoms with Crippen molar-refractivity contribution in [2.24, 2.45) is 0 Å². The van der Waals surface area contributed by atoms with E-state index in [0.29, 0.717) is 4.60 Å². The summed E-state index contributed by atoms with van der Waals surface area (Å²) in [5, 5.41) is 13.0. The standard InChI is InChI=1S/C11H8BrN3O4/c12-9-3-1-7(5-13-9)6-14-11(16)8-2-4-10(19-8)15(17)18/h1-5H,6H2,(H,14,16). The van der Waals surface area contributed by atoms with Crippen LogP contribution >= 0.6 is 15.9 Å². The van der Waals surface area contributed by atoms with Crippen LogP contribution in [0.15, 0.2) is 39.5 Å². The molecule has 0 fully saturated rings. The van der Waals surface area contributed by atoms with E-state index in [1.807, 2.05) is 0 Å². The third-order valence-electron chi connectivity index (χ3n) is 2.24. The average molecular weight is 326 g/mol. The second-order valence-corrected chi connectivity index (χ2v) is 4.38. The Balaban J connectivity index is 1.97. The highest BCUT2D eigenvalue weighted by Gasteiger charge is 2.16. The van der Waals surface area contributed by atoms with Gasteiger partial charge in [0.2, 0.25) is 0 Å². The minimum Gasteiger partial charge on any atom is -0.395 e. The normalized spacial score (nSPS) is 10.2. The van der Waals surface area contributed by atoms with Crippen molar-refractivity contribution in [1.82, 2.24) is 10.3 Å². The molecule has 2 heterocycles. The Kier molecular flexibility index (Phi) is 3.91. The number of hydrogen-bond acceptors (Lipinski definition) is 5. The molecule has 2 aromatic rings. The van der Waals surface area contributed by atoms with E-state index in [1.54, 1.807) is 18.3 Å². The number of aromatic nitrogens is 1. The van der Waals surface area contributed by atoms with Crippen LogP contribution < -0.4 is 5.32 Å². The van der Waals surface area contributed by atoms with Gasteiger partial charge in [0.05, 0.1) is 6.07 Å². The number of nitrogens with one attached hydrogen (secondary N) is 1. The third kappa shape index (κ3) is 3.38. The third-order valence-corrected chi connectivity index (χ3v) is 2.71. The van der Waals surface area contributed by atoms with Crippen LogP contribution in [-0.4, -0.2) is 15.8 Å². The predicted octanol–water partition coefficient (Wildman–Crippen LogP) is 2.28. The fourth-order valence-electron chi connectivity index (χ4n) is 1.33. The topological polar surface area (TPSA) is 98.3 Å². The lowest BCUT2D eigenvalue weighted by atomic mass is 10.3. The molecule has 0 saturated carbocycles. The summed E-state index contributed by atoms with van der Waals surface area (Å²) in [4.78, 5) is 25.4. The molecule has 1 N–H and O–H groups in total. The van der Waals surface area contributed by atoms with Crippen LogP contribution in [0, 0.1) is 10.1 Å². The Labute approximate surface area is 115 Å². The summed E-state index contributed by atoms with van der Waals surface area (Å²) in [5.41, 5.74) is 0.803. The van der Waals surface area contributed by atoms with Crippen LogP contribution in [0.25, 0.3) is 0 Å². The van der Waals surface area contributed by atoms with Crippen molar-refractivity contribution in [1.29, 1.82) is 0 Å². The zero-order valence-electron chi connectivity index (χ0n) is 9.50. The molecule has 0 radical (unpaired) electrons. The summed E-state index contributed by atoms with van der Waals surface area (Å²) in [7, 11) is 0. The highest BCUT2D eigenvalue weighted by atomic mass is 79.9. The molecule has 98 valence electrons. The van der Waals surface area contributed by atoms with E-state index in [0.717, 1.165) is 11.6 Å². The zero-order valence-corrected chi connectivity index (χ0v) is 11.1. The predicted molar refractivity (Wildman–Crippen MR) is 68.5 cm³/mol. The van der Waals surface area contributed by atoms with E-state index in [1.165, 1.54) is 6.07 Å². The van der Waals surface area contributed by atoms with E-state index in [9.17, 15) is 14.9 Å². The smallest absolute Gasteiger partial charge is 0.395 e. The minimum atomic E-state index is -0.699. The molecule has 0 aliphatic carbocycles. The van der Waals surface area contributed by atoms with Gasteiger partial charge in [-0.1, -0.05) is 6.07 Å². The van der Waals surface area contributed by atoms with E-state index in [4.69, 9.17) is 4.42 Å². The van der Waals surface area contributed by atoms with Gasteiger partial charge in [0.1, 0.15) is 9.53 Å². The van der Waals surface area contributed by atoms with Gasteiger partial charge in [-0.25, -0.2) is 4.98 Å². The van der Waals surface area contributed by atoms with Crippen molar-refractivity contribution in [3.8, 4) is 0 Å². The number of pyridine rings is 1. The Bertz CT molecular complexity index is 609. The van der Waals surface area contributed by atoms with Gasteiger partial charge in [0.15, 0.2) is 5.76 Å². The molecule has 8 heteroatoms. The summed E-state index contributed by atoms with van der Waals surface area (Å²) in [6, 6.07) is 5.94. The highest BCUT2D eigenvalue weighted by Crippen LogP contribution is 2.15. The first-order valence-corrected chi connectivity index (χ1v) is 5.98. The van der Waals surface area contributed by atoms with E-state index < -0.39 is 16.7 Å². The first-order chi connectivity index (χ1) is 9.06. The molecule has 0 atom stereocenters. The molecule has 2 rings (SSSR count). The highest BCUT2D eigenvalue weighted by molar-refractivity contribution is 9.10. The fourth-order valence-corrected chi connectivity index (χ4v) is 1.56. The molecule has 2 aromatic heterocycles. The molecule has 0 aromatic carbocycles. The summed E-state index contributed by atoms with van der Waals surface area (Å²) < 4.78 is 5.48. The van der Waals surface area contributed by atoms with Crippen molar-refractivity contribution >= 4 is 27.7 Å². The Morgan fingerprint density at radius 3 is 2.79 bits per heavy atom. The maximum absolute atomic E-state index is 11.7. The molecule has 7 nitrogen and oxygen atoms in total. The molecular formula is C11H8BrN3O4. The number of hydrogen-bond donors (Lipinski definition) is 1. The van der Waals surface area contributed by atoms with Gasteiger partial charge in [-0.3, -0.25) is 14.9 Å². The molecule has 0 spiro atoms. The van der Waals surface area contributed by atoms with E-state index >= 15 is 0 Å². The summed E-state index contributed by atoms with van der Waals surface area (Å²) >= 11 is 3.20. The average Bonchev–Trinajstić information content (AvgIpc) is 2.87. The SMILES string of the molecule is O=C(NCc1ccc(Br)nc1)c1ccc([N+](=O)[O-])o1. The fraction of sp³-hybridized carbons (Fsp3) is 0.0909. The monoisotopic (exact) mass is 325 g/mol. The zero-order chi connectivity index (χ0) is 13.8. The number of furan rings is 1. The Morgan fingerprint density at radius 1 is 1.42 bits per heavy atom. The number of carbonyl (C=O) groups excluding carboxylic acids is 1. The van der Waals surface area contributed by atoms with Crippen molar-refractivity contribution in [3.63, 3.8) is 0 Å². The summed E-state index contributed by atoms with van der Waals surface area (Å²) in [5.74, 6) is -1.08. The van der Waals surface area contributed by atoms with Crippen LogP contribution in [0.3, 0.4) is 0 Å². The molecular weight excluding hydrogens is 318 g/mol. The number of nitrogens with zero attached hydrogens (tertiary/aromatic N) is 2. The van der Waals surface area contributed by atoms with Crippen molar-refractivity contribution in [3.05, 3.63) is 56.5 Å². The van der Waals surface area contributed by atoms with Crippen molar-refractivity contribution in [2.75, 3.05) is 0 Å². The van der Waals surface area contributed by atoms with Crippen LogP contribution in [0.5, 0.6) is 0 Å². The van der Waals surface area contributed by atoms with Crippen LogP contribution in [0.2, 0.25) is 0 Å². The van der Waals surface area contributed by atoms with Gasteiger partial charge in [-0.2, -0.15) is 0 Å². The van der Waals surface area contributed by atoms with Crippen molar-refractivity contribution in [2.45, 2.75) is 6.54 Å². The lowest BCUT2D eigenvalue weighted by Crippen LogP contribution is -2.22. The number of halogens is 1. The van der Waals surface area contributed by atoms with Crippen LogP contribution in [-0.2, 0) is 6.54 Å². The van der Waals surface area contributed by atoms with Gasteiger partial charge < -0.3 is 9.73 Å². The second kappa shape index (κ2) is 5.61. The molecule has 19 heavy (non-hydrogen) atoms. The number of amides is 1. The Hall–Kier alpha value is -2.22. The van der Waals surface area contributed by atoms with Crippen molar-refractivity contribution < 1.29 is 14.1 Å². The van der Waals surface area contributed by atoms with Crippen LogP contribution in [0.1, 0.15) is 16.1 Å². The minimum absolute atomic E-state index is 0.100. The Morgan fingerprint density at radius 2 is 2.21 bits per heavy atom. The maximum atomic E-state index is 11.7. The first-order valence-electron chi connectivity index (χ1n) is 5.19. The van der Waals surface area contributed by atoms with Crippen LogP contribution in [0.4, 0.5) is 5.88 Å². The molecule has 0 aliphatic rings. The summed E-state index contributed by atoms with van der Waals surface area (Å²) in [6.45, 7) is 0.258. The molecule has 0 unspecified atom stereocenters. The van der Waals surface area contributed by atoms with E-state index in [2.05, 4.69) is 26.2 Å². The second-order valence-electron chi connectivity index (χ2n) is 3.57. The van der Waals surface area contributed by atoms with Gasteiger partial charge in [-0.15, -0.1) is 0 Å². The number of carbonyl (C=O) groups is 1. The number of rotatable bonds is 4. The van der Waals surface area contributed by atoms with Gasteiger partial charge in [-0.05, 0) is 33.6 Å². The van der Waals surface area contributed by atoms with E-state index in [-0.39, 0.29) is 12.3 Å². The number of nitro groups is 1. The summed E-state index contributed by atoms with van der Waals surface area (Å²) in [6.07, 6.45) is 1.61. The molecule has 1 amide bonds. The molecule has 0 saturated heterocycles. The lowest BCUT2D eigenvalue weighted by Gasteiger charge is -2.02. The maximum Gasteiger partial charge on any atom is 0.433 e. The lowest BCUT2D eigenvalue weighted by molar-refractivity contribution is -0.402. The molecule has 0 aliphatic heterocycles. The quantitative estimate of drug-likeness (QED) is 0.528. The van der Waals surface area contributed by atoms with Gasteiger partial charge in [0.25, 0.3) is 5.91 Å².